The molecular weight excluding hydrogens is 206 g/mol. The lowest BCUT2D eigenvalue weighted by Gasteiger charge is -2.01. The summed E-state index contributed by atoms with van der Waals surface area (Å²) in [5.41, 5.74) is 1.54. The Balaban J connectivity index is 2.24. The van der Waals surface area contributed by atoms with E-state index in [1.54, 1.807) is 18.0 Å². The number of aldehydes is 1. The molecule has 0 amide bonds. The molecular formula is C11H11N3O2. The number of aromatic nitrogens is 3. The molecule has 5 heteroatoms. The summed E-state index contributed by atoms with van der Waals surface area (Å²) in [6.07, 6.45) is 2.83. The fourth-order valence-corrected chi connectivity index (χ4v) is 1.34. The summed E-state index contributed by atoms with van der Waals surface area (Å²) in [5.74, 6) is 0.789. The van der Waals surface area contributed by atoms with Gasteiger partial charge in [0.1, 0.15) is 12.0 Å². The number of carbonyl (C=O) groups is 1. The van der Waals surface area contributed by atoms with E-state index in [0.29, 0.717) is 5.69 Å². The van der Waals surface area contributed by atoms with E-state index in [0.717, 1.165) is 17.7 Å². The highest BCUT2D eigenvalue weighted by molar-refractivity contribution is 5.53. The molecule has 1 heterocycles. The van der Waals surface area contributed by atoms with Crippen molar-refractivity contribution in [1.29, 1.82) is 0 Å². The Hall–Kier alpha value is -2.17. The van der Waals surface area contributed by atoms with Gasteiger partial charge in [0.05, 0.1) is 24.7 Å². The number of benzene rings is 1. The van der Waals surface area contributed by atoms with Crippen molar-refractivity contribution in [3.8, 4) is 11.4 Å². The Morgan fingerprint density at radius 1 is 1.38 bits per heavy atom. The molecule has 0 aliphatic carbocycles. The number of methoxy groups -OCH3 is 1. The van der Waals surface area contributed by atoms with Gasteiger partial charge in [-0.2, -0.15) is 0 Å². The molecule has 0 bridgehead atoms. The van der Waals surface area contributed by atoms with Crippen molar-refractivity contribution in [3.63, 3.8) is 0 Å². The van der Waals surface area contributed by atoms with Crippen LogP contribution in [-0.2, 0) is 11.2 Å². The van der Waals surface area contributed by atoms with Crippen molar-refractivity contribution < 1.29 is 9.53 Å². The second-order valence-corrected chi connectivity index (χ2v) is 3.22. The molecule has 0 aliphatic heterocycles. The van der Waals surface area contributed by atoms with Gasteiger partial charge in [0.25, 0.3) is 0 Å². The van der Waals surface area contributed by atoms with Crippen LogP contribution >= 0.6 is 0 Å². The monoisotopic (exact) mass is 217 g/mol. The molecule has 1 aromatic heterocycles. The summed E-state index contributed by atoms with van der Waals surface area (Å²) in [7, 11) is 1.62. The van der Waals surface area contributed by atoms with E-state index in [2.05, 4.69) is 10.3 Å². The molecule has 0 radical (unpaired) electrons. The first-order valence-electron chi connectivity index (χ1n) is 4.83. The van der Waals surface area contributed by atoms with Crippen LogP contribution in [0.15, 0.2) is 30.5 Å². The van der Waals surface area contributed by atoms with Gasteiger partial charge in [0.2, 0.25) is 0 Å². The summed E-state index contributed by atoms with van der Waals surface area (Å²) >= 11 is 0. The van der Waals surface area contributed by atoms with Gasteiger partial charge < -0.3 is 9.53 Å². The van der Waals surface area contributed by atoms with E-state index in [9.17, 15) is 4.79 Å². The van der Waals surface area contributed by atoms with Gasteiger partial charge in [-0.3, -0.25) is 0 Å². The summed E-state index contributed by atoms with van der Waals surface area (Å²) in [6, 6.07) is 7.43. The Labute approximate surface area is 92.7 Å². The smallest absolute Gasteiger partial charge is 0.126 e. The minimum absolute atomic E-state index is 0.288. The summed E-state index contributed by atoms with van der Waals surface area (Å²) in [4.78, 5) is 10.3. The second-order valence-electron chi connectivity index (χ2n) is 3.22. The van der Waals surface area contributed by atoms with Gasteiger partial charge in [0, 0.05) is 6.42 Å². The SMILES string of the molecule is COc1ccc(-n2cc(CC=O)nn2)cc1. The number of nitrogens with zero attached hydrogens (tertiary/aromatic N) is 3. The quantitative estimate of drug-likeness (QED) is 0.717. The summed E-state index contributed by atoms with van der Waals surface area (Å²) < 4.78 is 6.68. The van der Waals surface area contributed by atoms with Crippen molar-refractivity contribution in [1.82, 2.24) is 15.0 Å². The standard InChI is InChI=1S/C11H11N3O2/c1-16-11-4-2-10(3-5-11)14-8-9(6-7-15)12-13-14/h2-5,7-8H,6H2,1H3. The van der Waals surface area contributed by atoms with Crippen molar-refractivity contribution in [3.05, 3.63) is 36.2 Å². The predicted molar refractivity (Wildman–Crippen MR) is 57.7 cm³/mol. The Morgan fingerprint density at radius 3 is 2.75 bits per heavy atom. The molecule has 0 spiro atoms. The first kappa shape index (κ1) is 10.4. The van der Waals surface area contributed by atoms with Gasteiger partial charge in [-0.05, 0) is 24.3 Å². The zero-order chi connectivity index (χ0) is 11.4. The van der Waals surface area contributed by atoms with Crippen LogP contribution < -0.4 is 4.74 Å². The molecule has 2 rings (SSSR count). The van der Waals surface area contributed by atoms with E-state index >= 15 is 0 Å². The normalized spacial score (nSPS) is 10.1. The highest BCUT2D eigenvalue weighted by atomic mass is 16.5. The topological polar surface area (TPSA) is 57.0 Å². The van der Waals surface area contributed by atoms with Crippen LogP contribution in [0.25, 0.3) is 5.69 Å². The van der Waals surface area contributed by atoms with E-state index in [1.165, 1.54) is 0 Å². The Kier molecular flexibility index (Phi) is 2.95. The second kappa shape index (κ2) is 4.57. The molecule has 0 unspecified atom stereocenters. The van der Waals surface area contributed by atoms with E-state index in [1.807, 2.05) is 24.3 Å². The van der Waals surface area contributed by atoms with Gasteiger partial charge in [-0.25, -0.2) is 4.68 Å². The predicted octanol–water partition coefficient (Wildman–Crippen LogP) is 1.02. The van der Waals surface area contributed by atoms with Crippen molar-refractivity contribution in [2.24, 2.45) is 0 Å². The Morgan fingerprint density at radius 2 is 2.12 bits per heavy atom. The molecule has 82 valence electrons. The third-order valence-electron chi connectivity index (χ3n) is 2.17. The van der Waals surface area contributed by atoms with Gasteiger partial charge in [-0.1, -0.05) is 5.21 Å². The average Bonchev–Trinajstić information content (AvgIpc) is 2.78. The lowest BCUT2D eigenvalue weighted by Crippen LogP contribution is -1.94. The van der Waals surface area contributed by atoms with Crippen LogP contribution in [0, 0.1) is 0 Å². The molecule has 0 fully saturated rings. The van der Waals surface area contributed by atoms with Gasteiger partial charge in [-0.15, -0.1) is 5.10 Å². The minimum atomic E-state index is 0.288. The maximum Gasteiger partial charge on any atom is 0.126 e. The molecule has 0 saturated heterocycles. The van der Waals surface area contributed by atoms with Crippen LogP contribution in [0.1, 0.15) is 5.69 Å². The highest BCUT2D eigenvalue weighted by Crippen LogP contribution is 2.14. The molecule has 1 aromatic carbocycles. The highest BCUT2D eigenvalue weighted by Gasteiger charge is 2.02. The third-order valence-corrected chi connectivity index (χ3v) is 2.17. The molecule has 5 nitrogen and oxygen atoms in total. The first-order valence-corrected chi connectivity index (χ1v) is 4.83. The molecule has 0 aliphatic rings. The van der Waals surface area contributed by atoms with Crippen LogP contribution in [-0.4, -0.2) is 28.4 Å². The fraction of sp³-hybridized carbons (Fsp3) is 0.182. The number of ether oxygens (including phenoxy) is 1. The number of hydrogen-bond donors (Lipinski definition) is 0. The summed E-state index contributed by atoms with van der Waals surface area (Å²) in [6.45, 7) is 0. The van der Waals surface area contributed by atoms with E-state index < -0.39 is 0 Å². The molecule has 16 heavy (non-hydrogen) atoms. The van der Waals surface area contributed by atoms with E-state index in [-0.39, 0.29) is 6.42 Å². The summed E-state index contributed by atoms with van der Waals surface area (Å²) in [5, 5.41) is 7.80. The third kappa shape index (κ3) is 2.08. The molecule has 0 atom stereocenters. The maximum absolute atomic E-state index is 10.3. The van der Waals surface area contributed by atoms with Crippen molar-refractivity contribution in [2.45, 2.75) is 6.42 Å². The van der Waals surface area contributed by atoms with Crippen LogP contribution in [0.3, 0.4) is 0 Å². The van der Waals surface area contributed by atoms with E-state index in [4.69, 9.17) is 4.74 Å². The van der Waals surface area contributed by atoms with Gasteiger partial charge in [0.15, 0.2) is 0 Å². The molecule has 0 saturated carbocycles. The minimum Gasteiger partial charge on any atom is -0.497 e. The molecule has 0 N–H and O–H groups in total. The van der Waals surface area contributed by atoms with Gasteiger partial charge >= 0.3 is 0 Å². The zero-order valence-corrected chi connectivity index (χ0v) is 8.83. The van der Waals surface area contributed by atoms with Crippen LogP contribution in [0.4, 0.5) is 0 Å². The lowest BCUT2D eigenvalue weighted by molar-refractivity contribution is -0.107. The van der Waals surface area contributed by atoms with Crippen LogP contribution in [0.5, 0.6) is 5.75 Å². The number of rotatable bonds is 4. The van der Waals surface area contributed by atoms with Crippen molar-refractivity contribution in [2.75, 3.05) is 7.11 Å². The number of hydrogen-bond acceptors (Lipinski definition) is 4. The molecule has 2 aromatic rings. The van der Waals surface area contributed by atoms with Crippen molar-refractivity contribution >= 4 is 6.29 Å². The zero-order valence-electron chi connectivity index (χ0n) is 8.83. The average molecular weight is 217 g/mol. The first-order chi connectivity index (χ1) is 7.83. The largest absolute Gasteiger partial charge is 0.497 e. The maximum atomic E-state index is 10.3. The fourth-order valence-electron chi connectivity index (χ4n) is 1.34. The Bertz CT molecular complexity index is 476. The van der Waals surface area contributed by atoms with Crippen LogP contribution in [0.2, 0.25) is 0 Å². The number of carbonyl (C=O) groups excluding carboxylic acids is 1. The lowest BCUT2D eigenvalue weighted by atomic mass is 10.3.